The van der Waals surface area contributed by atoms with Crippen LogP contribution in [0.2, 0.25) is 0 Å². The van der Waals surface area contributed by atoms with Crippen molar-refractivity contribution in [2.45, 2.75) is 0 Å². The number of amides is 1. The second-order valence-corrected chi connectivity index (χ2v) is 3.51. The van der Waals surface area contributed by atoms with Gasteiger partial charge in [-0.3, -0.25) is 9.59 Å². The van der Waals surface area contributed by atoms with Crippen LogP contribution in [0.3, 0.4) is 0 Å². The van der Waals surface area contributed by atoms with Crippen LogP contribution in [0.5, 0.6) is 5.75 Å². The molecular formula is C11H10N2O4. The number of carbonyl (C=O) groups excluding carboxylic acids is 1. The van der Waals surface area contributed by atoms with Crippen LogP contribution in [0.25, 0.3) is 10.9 Å². The Morgan fingerprint density at radius 1 is 1.35 bits per heavy atom. The Bertz CT molecular complexity index is 588. The average molecular weight is 234 g/mol. The van der Waals surface area contributed by atoms with Gasteiger partial charge in [0.25, 0.3) is 5.91 Å². The van der Waals surface area contributed by atoms with Gasteiger partial charge in [0, 0.05) is 23.2 Å². The highest BCUT2D eigenvalue weighted by Gasteiger charge is 2.12. The fourth-order valence-electron chi connectivity index (χ4n) is 1.55. The van der Waals surface area contributed by atoms with Gasteiger partial charge in [0.2, 0.25) is 0 Å². The van der Waals surface area contributed by atoms with Crippen molar-refractivity contribution in [3.05, 3.63) is 30.0 Å². The lowest BCUT2D eigenvalue weighted by molar-refractivity contribution is -0.135. The molecule has 0 radical (unpaired) electrons. The Balaban J connectivity index is 2.29. The summed E-state index contributed by atoms with van der Waals surface area (Å²) in [5.74, 6) is -1.47. The molecule has 17 heavy (non-hydrogen) atoms. The van der Waals surface area contributed by atoms with Crippen molar-refractivity contribution in [1.29, 1.82) is 0 Å². The lowest BCUT2D eigenvalue weighted by Crippen LogP contribution is -2.29. The predicted octanol–water partition coefficient (Wildman–Crippen LogP) is 0.688. The summed E-state index contributed by atoms with van der Waals surface area (Å²) in [5, 5.41) is 20.6. The molecule has 88 valence electrons. The topological polar surface area (TPSA) is 102 Å². The van der Waals surface area contributed by atoms with Gasteiger partial charge >= 0.3 is 5.97 Å². The first-order valence-electron chi connectivity index (χ1n) is 4.88. The first-order chi connectivity index (χ1) is 8.08. The number of phenolic OH excluding ortho intramolecular Hbond substituents is 1. The summed E-state index contributed by atoms with van der Waals surface area (Å²) >= 11 is 0. The molecule has 6 nitrogen and oxygen atoms in total. The molecule has 2 rings (SSSR count). The summed E-state index contributed by atoms with van der Waals surface area (Å²) in [7, 11) is 0. The third kappa shape index (κ3) is 2.20. The number of aromatic nitrogens is 1. The van der Waals surface area contributed by atoms with E-state index in [0.717, 1.165) is 0 Å². The van der Waals surface area contributed by atoms with Crippen LogP contribution in [0.4, 0.5) is 0 Å². The van der Waals surface area contributed by atoms with Gasteiger partial charge < -0.3 is 20.5 Å². The van der Waals surface area contributed by atoms with Crippen molar-refractivity contribution in [2.24, 2.45) is 0 Å². The van der Waals surface area contributed by atoms with Gasteiger partial charge in [-0.15, -0.1) is 0 Å². The molecule has 0 spiro atoms. The van der Waals surface area contributed by atoms with Gasteiger partial charge in [-0.2, -0.15) is 0 Å². The monoisotopic (exact) mass is 234 g/mol. The molecule has 0 bridgehead atoms. The van der Waals surface area contributed by atoms with E-state index in [0.29, 0.717) is 16.5 Å². The van der Waals surface area contributed by atoms with Crippen LogP contribution in [-0.2, 0) is 4.79 Å². The van der Waals surface area contributed by atoms with Crippen molar-refractivity contribution in [2.75, 3.05) is 6.54 Å². The van der Waals surface area contributed by atoms with Gasteiger partial charge in [-0.05, 0) is 12.1 Å². The van der Waals surface area contributed by atoms with E-state index in [1.807, 2.05) is 0 Å². The Morgan fingerprint density at radius 2 is 2.12 bits per heavy atom. The Kier molecular flexibility index (Phi) is 2.70. The minimum absolute atomic E-state index is 0.0943. The number of hydrogen-bond acceptors (Lipinski definition) is 3. The Hall–Kier alpha value is -2.50. The summed E-state index contributed by atoms with van der Waals surface area (Å²) in [6, 6.07) is 4.55. The SMILES string of the molecule is O=C(O)CNC(=O)c1c[nH]c2cc(O)ccc12. The quantitative estimate of drug-likeness (QED) is 0.627. The molecule has 0 aliphatic carbocycles. The van der Waals surface area contributed by atoms with Crippen molar-refractivity contribution in [1.82, 2.24) is 10.3 Å². The van der Waals surface area contributed by atoms with E-state index < -0.39 is 18.4 Å². The second kappa shape index (κ2) is 4.17. The van der Waals surface area contributed by atoms with E-state index in [4.69, 9.17) is 5.11 Å². The Morgan fingerprint density at radius 3 is 2.82 bits per heavy atom. The minimum atomic E-state index is -1.10. The van der Waals surface area contributed by atoms with Crippen LogP contribution in [-0.4, -0.2) is 33.6 Å². The standard InChI is InChI=1S/C11H10N2O4/c14-6-1-2-7-8(4-12-9(7)3-6)11(17)13-5-10(15)16/h1-4,12,14H,5H2,(H,13,17)(H,15,16). The van der Waals surface area contributed by atoms with E-state index in [9.17, 15) is 14.7 Å². The van der Waals surface area contributed by atoms with Gasteiger partial charge in [0.1, 0.15) is 12.3 Å². The van der Waals surface area contributed by atoms with Crippen molar-refractivity contribution in [3.8, 4) is 5.75 Å². The number of aliphatic carboxylic acids is 1. The number of nitrogens with one attached hydrogen (secondary N) is 2. The lowest BCUT2D eigenvalue weighted by atomic mass is 10.1. The number of carbonyl (C=O) groups is 2. The first-order valence-corrected chi connectivity index (χ1v) is 4.88. The number of aromatic amines is 1. The average Bonchev–Trinajstić information content (AvgIpc) is 2.68. The van der Waals surface area contributed by atoms with Crippen LogP contribution in [0.15, 0.2) is 24.4 Å². The number of H-pyrrole nitrogens is 1. The molecule has 0 saturated carbocycles. The molecule has 4 N–H and O–H groups in total. The van der Waals surface area contributed by atoms with Crippen LogP contribution in [0.1, 0.15) is 10.4 Å². The van der Waals surface area contributed by atoms with E-state index in [1.165, 1.54) is 18.3 Å². The van der Waals surface area contributed by atoms with E-state index in [2.05, 4.69) is 10.3 Å². The molecular weight excluding hydrogens is 224 g/mol. The maximum Gasteiger partial charge on any atom is 0.322 e. The first kappa shape index (κ1) is 11.0. The lowest BCUT2D eigenvalue weighted by Gasteiger charge is -2.00. The zero-order valence-electron chi connectivity index (χ0n) is 8.73. The van der Waals surface area contributed by atoms with Gasteiger partial charge in [0.05, 0.1) is 5.56 Å². The zero-order valence-corrected chi connectivity index (χ0v) is 8.73. The number of carboxylic acids is 1. The summed E-state index contributed by atoms with van der Waals surface area (Å²) in [6.45, 7) is -0.427. The van der Waals surface area contributed by atoms with Crippen LogP contribution in [0, 0.1) is 0 Å². The number of hydrogen-bond donors (Lipinski definition) is 4. The summed E-state index contributed by atoms with van der Waals surface area (Å²) in [4.78, 5) is 24.8. The fraction of sp³-hybridized carbons (Fsp3) is 0.0909. The highest BCUT2D eigenvalue weighted by molar-refractivity contribution is 6.07. The highest BCUT2D eigenvalue weighted by atomic mass is 16.4. The number of phenols is 1. The van der Waals surface area contributed by atoms with E-state index in [1.54, 1.807) is 6.07 Å². The molecule has 0 unspecified atom stereocenters. The van der Waals surface area contributed by atoms with Gasteiger partial charge in [-0.25, -0.2) is 0 Å². The van der Waals surface area contributed by atoms with Gasteiger partial charge in [-0.1, -0.05) is 0 Å². The maximum atomic E-state index is 11.7. The molecule has 0 aliphatic rings. The van der Waals surface area contributed by atoms with Crippen LogP contribution >= 0.6 is 0 Å². The summed E-state index contributed by atoms with van der Waals surface area (Å²) in [6.07, 6.45) is 1.47. The molecule has 1 aromatic carbocycles. The molecule has 0 saturated heterocycles. The number of fused-ring (bicyclic) bond motifs is 1. The largest absolute Gasteiger partial charge is 0.508 e. The summed E-state index contributed by atoms with van der Waals surface area (Å²) < 4.78 is 0. The normalized spacial score (nSPS) is 10.4. The third-order valence-electron chi connectivity index (χ3n) is 2.31. The van der Waals surface area contributed by atoms with E-state index >= 15 is 0 Å². The van der Waals surface area contributed by atoms with Gasteiger partial charge in [0.15, 0.2) is 0 Å². The minimum Gasteiger partial charge on any atom is -0.508 e. The number of aromatic hydroxyl groups is 1. The second-order valence-electron chi connectivity index (χ2n) is 3.51. The molecule has 0 fully saturated rings. The molecule has 2 aromatic rings. The molecule has 6 heteroatoms. The van der Waals surface area contributed by atoms with Crippen LogP contribution < -0.4 is 5.32 Å². The molecule has 0 atom stereocenters. The number of benzene rings is 1. The molecule has 1 aromatic heterocycles. The highest BCUT2D eigenvalue weighted by Crippen LogP contribution is 2.22. The predicted molar refractivity (Wildman–Crippen MR) is 59.9 cm³/mol. The fourth-order valence-corrected chi connectivity index (χ4v) is 1.55. The number of carboxylic acid groups (broad SMARTS) is 1. The van der Waals surface area contributed by atoms with E-state index in [-0.39, 0.29) is 5.75 Å². The molecule has 0 aliphatic heterocycles. The number of rotatable bonds is 3. The molecule has 1 heterocycles. The Labute approximate surface area is 95.9 Å². The van der Waals surface area contributed by atoms with Crippen molar-refractivity contribution < 1.29 is 19.8 Å². The van der Waals surface area contributed by atoms with Crippen molar-refractivity contribution >= 4 is 22.8 Å². The summed E-state index contributed by atoms with van der Waals surface area (Å²) in [5.41, 5.74) is 0.965. The maximum absolute atomic E-state index is 11.7. The molecule has 1 amide bonds. The smallest absolute Gasteiger partial charge is 0.322 e. The van der Waals surface area contributed by atoms with Crippen molar-refractivity contribution in [3.63, 3.8) is 0 Å². The zero-order chi connectivity index (χ0) is 12.4. The third-order valence-corrected chi connectivity index (χ3v) is 2.31.